The lowest BCUT2D eigenvalue weighted by Gasteiger charge is -2.31. The summed E-state index contributed by atoms with van der Waals surface area (Å²) in [6, 6.07) is 18.8. The van der Waals surface area contributed by atoms with Crippen molar-refractivity contribution in [2.45, 2.75) is 6.04 Å². The van der Waals surface area contributed by atoms with Crippen LogP contribution in [-0.4, -0.2) is 23.3 Å². The van der Waals surface area contributed by atoms with Crippen LogP contribution >= 0.6 is 34.8 Å². The summed E-state index contributed by atoms with van der Waals surface area (Å²) in [5, 5.41) is 4.07. The fourth-order valence-electron chi connectivity index (χ4n) is 3.50. The van der Waals surface area contributed by atoms with Crippen LogP contribution in [0.25, 0.3) is 0 Å². The maximum Gasteiger partial charge on any atom is 0.255 e. The third kappa shape index (κ3) is 4.10. The zero-order chi connectivity index (χ0) is 20.5. The number of hydrogen-bond donors (Lipinski definition) is 1. The van der Waals surface area contributed by atoms with Crippen LogP contribution in [0, 0.1) is 0 Å². The Morgan fingerprint density at radius 3 is 2.28 bits per heavy atom. The number of nitrogens with one attached hydrogen (secondary N) is 1. The number of carbonyl (C=O) groups excluding carboxylic acids is 2. The molecule has 0 radical (unpaired) electrons. The number of anilines is 1. The van der Waals surface area contributed by atoms with Gasteiger partial charge in [0.15, 0.2) is 0 Å². The van der Waals surface area contributed by atoms with Crippen molar-refractivity contribution >= 4 is 52.3 Å². The molecule has 0 aromatic heterocycles. The smallest absolute Gasteiger partial charge is 0.255 e. The predicted octanol–water partition coefficient (Wildman–Crippen LogP) is 5.83. The van der Waals surface area contributed by atoms with Gasteiger partial charge in [-0.05, 0) is 42.0 Å². The first kappa shape index (κ1) is 19.8. The van der Waals surface area contributed by atoms with Crippen molar-refractivity contribution in [3.8, 4) is 0 Å². The Balaban J connectivity index is 1.90. The van der Waals surface area contributed by atoms with Crippen LogP contribution in [0.5, 0.6) is 0 Å². The summed E-state index contributed by atoms with van der Waals surface area (Å²) < 4.78 is 0. The van der Waals surface area contributed by atoms with E-state index in [1.54, 1.807) is 36.4 Å². The number of amides is 2. The van der Waals surface area contributed by atoms with Gasteiger partial charge in [0.2, 0.25) is 5.91 Å². The molecule has 3 aromatic rings. The molecule has 0 saturated heterocycles. The van der Waals surface area contributed by atoms with E-state index in [2.05, 4.69) is 5.32 Å². The van der Waals surface area contributed by atoms with E-state index in [-0.39, 0.29) is 18.4 Å². The molecule has 1 aliphatic rings. The van der Waals surface area contributed by atoms with Gasteiger partial charge >= 0.3 is 0 Å². The van der Waals surface area contributed by atoms with E-state index in [1.165, 1.54) is 4.90 Å². The molecule has 0 spiro atoms. The average molecular weight is 446 g/mol. The number of halogens is 3. The van der Waals surface area contributed by atoms with Crippen molar-refractivity contribution in [1.82, 2.24) is 4.90 Å². The van der Waals surface area contributed by atoms with E-state index in [4.69, 9.17) is 34.8 Å². The van der Waals surface area contributed by atoms with Crippen LogP contribution in [0.15, 0.2) is 66.7 Å². The van der Waals surface area contributed by atoms with Gasteiger partial charge in [-0.3, -0.25) is 9.59 Å². The lowest BCUT2D eigenvalue weighted by atomic mass is 9.95. The molecule has 29 heavy (non-hydrogen) atoms. The van der Waals surface area contributed by atoms with Crippen LogP contribution in [0.2, 0.25) is 15.1 Å². The van der Waals surface area contributed by atoms with Crippen molar-refractivity contribution in [1.29, 1.82) is 0 Å². The highest BCUT2D eigenvalue weighted by Gasteiger charge is 2.34. The van der Waals surface area contributed by atoms with Crippen molar-refractivity contribution in [2.75, 3.05) is 11.9 Å². The highest BCUT2D eigenvalue weighted by molar-refractivity contribution is 6.35. The Bertz CT molecular complexity index is 1080. The number of carbonyl (C=O) groups is 2. The highest BCUT2D eigenvalue weighted by atomic mass is 35.5. The number of hydrogen-bond acceptors (Lipinski definition) is 2. The van der Waals surface area contributed by atoms with Crippen molar-refractivity contribution in [3.63, 3.8) is 0 Å². The zero-order valence-corrected chi connectivity index (χ0v) is 17.3. The molecule has 1 heterocycles. The highest BCUT2D eigenvalue weighted by Crippen LogP contribution is 2.38. The third-order valence-electron chi connectivity index (χ3n) is 4.69. The number of rotatable bonds is 2. The van der Waals surface area contributed by atoms with E-state index in [9.17, 15) is 9.59 Å². The minimum Gasteiger partial charge on any atom is -0.324 e. The molecule has 3 aromatic carbocycles. The molecule has 0 fully saturated rings. The largest absolute Gasteiger partial charge is 0.324 e. The van der Waals surface area contributed by atoms with Crippen LogP contribution < -0.4 is 5.32 Å². The second-order valence-corrected chi connectivity index (χ2v) is 7.99. The number of fused-ring (bicyclic) bond motifs is 1. The second kappa shape index (κ2) is 8.07. The monoisotopic (exact) mass is 444 g/mol. The van der Waals surface area contributed by atoms with Gasteiger partial charge in [-0.2, -0.15) is 0 Å². The minimum atomic E-state index is -0.519. The van der Waals surface area contributed by atoms with E-state index >= 15 is 0 Å². The quantitative estimate of drug-likeness (QED) is 0.539. The summed E-state index contributed by atoms with van der Waals surface area (Å²) in [5.74, 6) is -0.653. The summed E-state index contributed by atoms with van der Waals surface area (Å²) >= 11 is 18.4. The molecule has 7 heteroatoms. The lowest BCUT2D eigenvalue weighted by Crippen LogP contribution is -2.39. The fourth-order valence-corrected chi connectivity index (χ4v) is 4.21. The molecule has 4 rings (SSSR count). The summed E-state index contributed by atoms with van der Waals surface area (Å²) in [7, 11) is 0. The lowest BCUT2D eigenvalue weighted by molar-refractivity contribution is -0.117. The number of benzene rings is 3. The first-order valence-corrected chi connectivity index (χ1v) is 9.97. The predicted molar refractivity (Wildman–Crippen MR) is 116 cm³/mol. The van der Waals surface area contributed by atoms with Gasteiger partial charge in [-0.15, -0.1) is 0 Å². The SMILES string of the molecule is O=C1CN(C(=O)c2cc(Cl)cc(Cl)c2)[C@@H](c2ccccc2)c2cc(Cl)ccc2N1. The van der Waals surface area contributed by atoms with E-state index in [0.717, 1.165) is 11.1 Å². The van der Waals surface area contributed by atoms with Crippen molar-refractivity contribution < 1.29 is 9.59 Å². The molecule has 1 N–H and O–H groups in total. The van der Waals surface area contributed by atoms with Crippen molar-refractivity contribution in [2.24, 2.45) is 0 Å². The van der Waals surface area contributed by atoms with E-state index in [1.807, 2.05) is 30.3 Å². The van der Waals surface area contributed by atoms with Crippen LogP contribution in [0.4, 0.5) is 5.69 Å². The Morgan fingerprint density at radius 2 is 1.59 bits per heavy atom. The maximum atomic E-state index is 13.5. The minimum absolute atomic E-state index is 0.130. The maximum absolute atomic E-state index is 13.5. The van der Waals surface area contributed by atoms with Crippen LogP contribution in [0.3, 0.4) is 0 Å². The molecule has 1 aliphatic heterocycles. The van der Waals surface area contributed by atoms with Gasteiger partial charge in [0.05, 0.1) is 6.04 Å². The molecule has 0 saturated carbocycles. The van der Waals surface area contributed by atoms with Gasteiger partial charge < -0.3 is 10.2 Å². The Kier molecular flexibility index (Phi) is 5.50. The first-order chi connectivity index (χ1) is 13.9. The second-order valence-electron chi connectivity index (χ2n) is 6.68. The third-order valence-corrected chi connectivity index (χ3v) is 5.37. The molecule has 4 nitrogen and oxygen atoms in total. The Labute approximate surface area is 183 Å². The van der Waals surface area contributed by atoms with E-state index in [0.29, 0.717) is 26.3 Å². The molecular weight excluding hydrogens is 431 g/mol. The molecule has 0 aliphatic carbocycles. The summed E-state index contributed by atoms with van der Waals surface area (Å²) in [5.41, 5.74) is 2.51. The Hall–Kier alpha value is -2.53. The summed E-state index contributed by atoms with van der Waals surface area (Å²) in [4.78, 5) is 27.6. The number of nitrogens with zero attached hydrogens (tertiary/aromatic N) is 1. The molecule has 2 amide bonds. The fraction of sp³-hybridized carbons (Fsp3) is 0.0909. The first-order valence-electron chi connectivity index (χ1n) is 8.83. The van der Waals surface area contributed by atoms with Gasteiger partial charge in [0.25, 0.3) is 5.91 Å². The molecule has 146 valence electrons. The standard InChI is InChI=1S/C22H15Cl3N2O2/c23-15-6-7-19-18(11-15)21(13-4-2-1-3-5-13)27(12-20(28)26-19)22(29)14-8-16(24)10-17(25)9-14/h1-11,21H,12H2,(H,26,28)/t21-/m0/s1. The normalized spacial score (nSPS) is 16.0. The van der Waals surface area contributed by atoms with Gasteiger partial charge in [0, 0.05) is 31.9 Å². The van der Waals surface area contributed by atoms with Gasteiger partial charge in [0.1, 0.15) is 6.54 Å². The zero-order valence-electron chi connectivity index (χ0n) is 15.0. The summed E-state index contributed by atoms with van der Waals surface area (Å²) in [6.45, 7) is -0.130. The molecule has 0 unspecified atom stereocenters. The molecular formula is C22H15Cl3N2O2. The van der Waals surface area contributed by atoms with Gasteiger partial charge in [-0.25, -0.2) is 0 Å². The molecule has 1 atom stereocenters. The molecule has 0 bridgehead atoms. The van der Waals surface area contributed by atoms with Crippen LogP contribution in [0.1, 0.15) is 27.5 Å². The average Bonchev–Trinajstić information content (AvgIpc) is 2.83. The topological polar surface area (TPSA) is 49.4 Å². The van der Waals surface area contributed by atoms with Crippen LogP contribution in [-0.2, 0) is 4.79 Å². The van der Waals surface area contributed by atoms with Crippen molar-refractivity contribution in [3.05, 3.63) is 98.5 Å². The van der Waals surface area contributed by atoms with Gasteiger partial charge in [-0.1, -0.05) is 65.1 Å². The van der Waals surface area contributed by atoms with E-state index < -0.39 is 6.04 Å². The summed E-state index contributed by atoms with van der Waals surface area (Å²) in [6.07, 6.45) is 0. The Morgan fingerprint density at radius 1 is 0.897 bits per heavy atom.